The Balaban J connectivity index is 1.11. The van der Waals surface area contributed by atoms with Crippen molar-refractivity contribution in [3.05, 3.63) is 165 Å². The highest BCUT2D eigenvalue weighted by molar-refractivity contribution is 5.85. The molecule has 6 heteroatoms. The molecular weight excluding hydrogens is 560 g/mol. The van der Waals surface area contributed by atoms with E-state index in [9.17, 15) is 10.2 Å². The van der Waals surface area contributed by atoms with Crippen molar-refractivity contribution in [1.29, 1.82) is 0 Å². The van der Waals surface area contributed by atoms with E-state index in [2.05, 4.69) is 58.9 Å². The van der Waals surface area contributed by atoms with Gasteiger partial charge in [0.2, 0.25) is 0 Å². The predicted molar refractivity (Wildman–Crippen MR) is 174 cm³/mol. The number of hydrogen-bond donors (Lipinski definition) is 2. The first kappa shape index (κ1) is 27.0. The maximum absolute atomic E-state index is 11.1. The monoisotopic (exact) mass is 590 g/mol. The van der Waals surface area contributed by atoms with Gasteiger partial charge in [0.05, 0.1) is 12.4 Å². The smallest absolute Gasteiger partial charge is 0.163 e. The highest BCUT2D eigenvalue weighted by atomic mass is 16.5. The van der Waals surface area contributed by atoms with Crippen LogP contribution in [0.1, 0.15) is 80.7 Å². The molecule has 0 aliphatic heterocycles. The van der Waals surface area contributed by atoms with Crippen LogP contribution < -0.4 is 0 Å². The molecule has 0 radical (unpaired) electrons. The zero-order valence-electron chi connectivity index (χ0n) is 24.4. The van der Waals surface area contributed by atoms with Crippen LogP contribution in [-0.2, 0) is 6.42 Å². The third kappa shape index (κ3) is 5.04. The fraction of sp³-hybridized carbons (Fsp3) is 0.128. The van der Waals surface area contributed by atoms with Gasteiger partial charge in [0.15, 0.2) is 11.5 Å². The Kier molecular flexibility index (Phi) is 6.68. The minimum absolute atomic E-state index is 0.0979. The third-order valence-electron chi connectivity index (χ3n) is 9.10. The molecule has 45 heavy (non-hydrogen) atoms. The van der Waals surface area contributed by atoms with E-state index >= 15 is 0 Å². The second-order valence-corrected chi connectivity index (χ2v) is 11.8. The zero-order valence-corrected chi connectivity index (χ0v) is 24.4. The third-order valence-corrected chi connectivity index (χ3v) is 9.10. The normalized spacial score (nSPS) is 17.2. The molecule has 0 saturated carbocycles. The standard InChI is InChI=1S/C39H30N2O4/c42-36-13-11-24(16-32(36)30-18-28(26-7-3-1-4-8-26)20-38-34(30)22-40-44-38)15-25-12-14-37(43)33(17-25)31-19-29(27-9-5-2-6-10-27)21-39-35(31)23-41-45-39/h1-14,16-17,20-23,30-31,42-43H,15,18-19H2. The van der Waals surface area contributed by atoms with Crippen molar-refractivity contribution in [3.63, 3.8) is 0 Å². The number of phenols is 2. The number of aromatic hydroxyl groups is 2. The average molecular weight is 591 g/mol. The van der Waals surface area contributed by atoms with Crippen molar-refractivity contribution < 1.29 is 19.3 Å². The summed E-state index contributed by atoms with van der Waals surface area (Å²) in [6, 6.07) is 32.2. The number of fused-ring (bicyclic) bond motifs is 2. The molecule has 6 nitrogen and oxygen atoms in total. The van der Waals surface area contributed by atoms with Crippen LogP contribution >= 0.6 is 0 Å². The second-order valence-electron chi connectivity index (χ2n) is 11.8. The number of nitrogens with zero attached hydrogens (tertiary/aromatic N) is 2. The highest BCUT2D eigenvalue weighted by Crippen LogP contribution is 2.46. The number of hydrogen-bond acceptors (Lipinski definition) is 6. The van der Waals surface area contributed by atoms with Crippen molar-refractivity contribution in [3.8, 4) is 11.5 Å². The molecule has 2 N–H and O–H groups in total. The number of benzene rings is 4. The van der Waals surface area contributed by atoms with Crippen molar-refractivity contribution in [2.75, 3.05) is 0 Å². The SMILES string of the molecule is Oc1ccc(Cc2ccc(O)c(C3CC(c4ccccc4)=Cc4oncc43)c2)cc1C1CC(c2ccccc2)=Cc2oncc21. The van der Waals surface area contributed by atoms with Gasteiger partial charge in [-0.05, 0) is 76.9 Å². The van der Waals surface area contributed by atoms with Gasteiger partial charge in [-0.1, -0.05) is 95.2 Å². The maximum atomic E-state index is 11.1. The number of aromatic nitrogens is 2. The van der Waals surface area contributed by atoms with Gasteiger partial charge in [0.1, 0.15) is 11.5 Å². The lowest BCUT2D eigenvalue weighted by atomic mass is 9.79. The minimum atomic E-state index is -0.0979. The summed E-state index contributed by atoms with van der Waals surface area (Å²) in [4.78, 5) is 0. The van der Waals surface area contributed by atoms with Crippen LogP contribution in [0.4, 0.5) is 0 Å². The van der Waals surface area contributed by atoms with Gasteiger partial charge in [-0.2, -0.15) is 0 Å². The molecule has 0 spiro atoms. The van der Waals surface area contributed by atoms with Crippen LogP contribution in [0, 0.1) is 0 Å². The molecule has 2 aromatic heterocycles. The van der Waals surface area contributed by atoms with Gasteiger partial charge in [-0.15, -0.1) is 0 Å². The Morgan fingerprint density at radius 2 is 1.00 bits per heavy atom. The molecule has 0 amide bonds. The predicted octanol–water partition coefficient (Wildman–Crippen LogP) is 8.82. The Hall–Kier alpha value is -5.62. The zero-order chi connectivity index (χ0) is 30.3. The first-order valence-electron chi connectivity index (χ1n) is 15.2. The van der Waals surface area contributed by atoms with Crippen LogP contribution in [0.25, 0.3) is 23.3 Å². The summed E-state index contributed by atoms with van der Waals surface area (Å²) in [6.45, 7) is 0. The summed E-state index contributed by atoms with van der Waals surface area (Å²) in [5.41, 5.74) is 10.3. The lowest BCUT2D eigenvalue weighted by Crippen LogP contribution is -2.09. The van der Waals surface area contributed by atoms with E-state index < -0.39 is 0 Å². The van der Waals surface area contributed by atoms with Crippen LogP contribution in [-0.4, -0.2) is 20.5 Å². The molecule has 2 aliphatic rings. The quantitative estimate of drug-likeness (QED) is 0.201. The summed E-state index contributed by atoms with van der Waals surface area (Å²) in [7, 11) is 0. The Morgan fingerprint density at radius 3 is 1.44 bits per heavy atom. The average Bonchev–Trinajstić information content (AvgIpc) is 3.77. The molecule has 2 heterocycles. The molecule has 2 atom stereocenters. The molecule has 8 rings (SSSR count). The Morgan fingerprint density at radius 1 is 0.556 bits per heavy atom. The molecule has 0 bridgehead atoms. The lowest BCUT2D eigenvalue weighted by Gasteiger charge is -2.24. The minimum Gasteiger partial charge on any atom is -0.508 e. The lowest BCUT2D eigenvalue weighted by molar-refractivity contribution is 0.410. The van der Waals surface area contributed by atoms with Gasteiger partial charge < -0.3 is 19.3 Å². The van der Waals surface area contributed by atoms with E-state index in [-0.39, 0.29) is 23.3 Å². The molecule has 4 aromatic carbocycles. The Labute approximate surface area is 260 Å². The summed E-state index contributed by atoms with van der Waals surface area (Å²) >= 11 is 0. The highest BCUT2D eigenvalue weighted by Gasteiger charge is 2.30. The second kappa shape index (κ2) is 11.1. The van der Waals surface area contributed by atoms with Crippen LogP contribution in [0.5, 0.6) is 11.5 Å². The molecule has 2 aliphatic carbocycles. The molecule has 0 fully saturated rings. The van der Waals surface area contributed by atoms with Crippen molar-refractivity contribution in [2.45, 2.75) is 31.1 Å². The maximum Gasteiger partial charge on any atom is 0.163 e. The number of allylic oxidation sites excluding steroid dienone is 2. The van der Waals surface area contributed by atoms with Crippen LogP contribution in [0.2, 0.25) is 0 Å². The van der Waals surface area contributed by atoms with Gasteiger partial charge in [-0.25, -0.2) is 0 Å². The summed E-state index contributed by atoms with van der Waals surface area (Å²) in [5, 5.41) is 30.4. The Bertz CT molecular complexity index is 1920. The van der Waals surface area contributed by atoms with Gasteiger partial charge >= 0.3 is 0 Å². The van der Waals surface area contributed by atoms with E-state index in [1.54, 1.807) is 24.5 Å². The van der Waals surface area contributed by atoms with Gasteiger partial charge in [0.25, 0.3) is 0 Å². The fourth-order valence-corrected chi connectivity index (χ4v) is 6.83. The van der Waals surface area contributed by atoms with E-state index in [1.807, 2.05) is 48.5 Å². The number of rotatable bonds is 6. The number of phenolic OH excluding ortho intramolecular Hbond substituents is 2. The molecule has 220 valence electrons. The fourth-order valence-electron chi connectivity index (χ4n) is 6.83. The van der Waals surface area contributed by atoms with Crippen LogP contribution in [0.15, 0.2) is 119 Å². The molecular formula is C39H30N2O4. The summed E-state index contributed by atoms with van der Waals surface area (Å²) < 4.78 is 11.2. The largest absolute Gasteiger partial charge is 0.508 e. The van der Waals surface area contributed by atoms with Crippen molar-refractivity contribution in [2.24, 2.45) is 0 Å². The van der Waals surface area contributed by atoms with E-state index in [0.29, 0.717) is 6.42 Å². The van der Waals surface area contributed by atoms with E-state index in [4.69, 9.17) is 9.05 Å². The summed E-state index contributed by atoms with van der Waals surface area (Å²) in [6.07, 6.45) is 9.71. The molecule has 6 aromatic rings. The van der Waals surface area contributed by atoms with Crippen LogP contribution in [0.3, 0.4) is 0 Å². The molecule has 0 saturated heterocycles. The molecule has 2 unspecified atom stereocenters. The van der Waals surface area contributed by atoms with E-state index in [0.717, 1.165) is 80.0 Å². The van der Waals surface area contributed by atoms with E-state index in [1.165, 1.54) is 0 Å². The van der Waals surface area contributed by atoms with Gasteiger partial charge in [-0.3, -0.25) is 0 Å². The van der Waals surface area contributed by atoms with Crippen molar-refractivity contribution in [1.82, 2.24) is 10.3 Å². The first-order valence-corrected chi connectivity index (χ1v) is 15.2. The summed E-state index contributed by atoms with van der Waals surface area (Å²) in [5.74, 6) is 1.75. The van der Waals surface area contributed by atoms with Gasteiger partial charge in [0, 0.05) is 34.1 Å². The van der Waals surface area contributed by atoms with Crippen molar-refractivity contribution >= 4 is 23.3 Å². The first-order chi connectivity index (χ1) is 22.1. The topological polar surface area (TPSA) is 92.5 Å².